The van der Waals surface area contributed by atoms with Gasteiger partial charge < -0.3 is 18.8 Å². The third-order valence-electron chi connectivity index (χ3n) is 6.95. The van der Waals surface area contributed by atoms with Gasteiger partial charge in [-0.2, -0.15) is 13.2 Å². The summed E-state index contributed by atoms with van der Waals surface area (Å²) < 4.78 is 63.6. The van der Waals surface area contributed by atoms with Crippen LogP contribution in [0.15, 0.2) is 47.7 Å². The van der Waals surface area contributed by atoms with Crippen LogP contribution >= 0.6 is 0 Å². The lowest BCUT2D eigenvalue weighted by Crippen LogP contribution is -2.50. The molecule has 0 N–H and O–H groups in total. The maximum absolute atomic E-state index is 13.8. The Hall–Kier alpha value is -3.63. The zero-order valence-electron chi connectivity index (χ0n) is 19.7. The summed E-state index contributed by atoms with van der Waals surface area (Å²) in [5.41, 5.74) is -1.29. The van der Waals surface area contributed by atoms with Gasteiger partial charge in [0.25, 0.3) is 11.5 Å². The van der Waals surface area contributed by atoms with Crippen LogP contribution in [0, 0.1) is 12.7 Å². The predicted octanol–water partition coefficient (Wildman–Crippen LogP) is 4.00. The van der Waals surface area contributed by atoms with Crippen molar-refractivity contribution in [2.45, 2.75) is 50.9 Å². The number of benzene rings is 1. The molecule has 1 aromatic carbocycles. The summed E-state index contributed by atoms with van der Waals surface area (Å²) in [7, 11) is 0. The monoisotopic (exact) mass is 504 g/mol. The van der Waals surface area contributed by atoms with Crippen molar-refractivity contribution >= 4 is 5.91 Å². The number of imidazole rings is 1. The van der Waals surface area contributed by atoms with E-state index in [0.29, 0.717) is 5.69 Å². The van der Waals surface area contributed by atoms with Crippen LogP contribution in [0.25, 0.3) is 5.69 Å². The molecule has 1 fully saturated rings. The van der Waals surface area contributed by atoms with E-state index in [9.17, 15) is 27.2 Å². The van der Waals surface area contributed by atoms with E-state index in [-0.39, 0.29) is 61.0 Å². The van der Waals surface area contributed by atoms with Gasteiger partial charge in [-0.1, -0.05) is 0 Å². The summed E-state index contributed by atoms with van der Waals surface area (Å²) in [6.07, 6.45) is -1.51. The van der Waals surface area contributed by atoms with E-state index in [1.165, 1.54) is 21.9 Å². The molecular weight excluding hydrogens is 480 g/mol. The summed E-state index contributed by atoms with van der Waals surface area (Å²) in [6, 6.07) is 5.78. The second-order valence-electron chi connectivity index (χ2n) is 9.36. The number of halogens is 4. The van der Waals surface area contributed by atoms with E-state index in [1.54, 1.807) is 36.7 Å². The van der Waals surface area contributed by atoms with E-state index in [4.69, 9.17) is 4.74 Å². The Balaban J connectivity index is 1.34. The highest BCUT2D eigenvalue weighted by molar-refractivity contribution is 5.93. The number of alkyl halides is 3. The Labute approximate surface area is 203 Å². The van der Waals surface area contributed by atoms with Crippen molar-refractivity contribution < 1.29 is 27.1 Å². The molecule has 1 amide bonds. The van der Waals surface area contributed by atoms with Crippen molar-refractivity contribution in [3.8, 4) is 11.4 Å². The van der Waals surface area contributed by atoms with E-state index in [2.05, 4.69) is 4.98 Å². The van der Waals surface area contributed by atoms with Gasteiger partial charge in [-0.3, -0.25) is 9.59 Å². The van der Waals surface area contributed by atoms with Gasteiger partial charge in [0.1, 0.15) is 29.6 Å². The molecule has 1 aliphatic heterocycles. The first kappa shape index (κ1) is 24.1. The largest absolute Gasteiger partial charge is 0.491 e. The fraction of sp³-hybridized carbons (Fsp3) is 0.400. The topological polar surface area (TPSA) is 69.4 Å². The Morgan fingerprint density at radius 2 is 1.89 bits per heavy atom. The lowest BCUT2D eigenvalue weighted by atomic mass is 9.94. The number of nitrogens with zero attached hydrogens (tertiary/aromatic N) is 4. The minimum absolute atomic E-state index is 0.0422. The summed E-state index contributed by atoms with van der Waals surface area (Å²) in [4.78, 5) is 31.8. The lowest BCUT2D eigenvalue weighted by Gasteiger charge is -2.34. The molecule has 7 nitrogen and oxygen atoms in total. The molecule has 0 unspecified atom stereocenters. The number of carbonyl (C=O) groups is 1. The van der Waals surface area contributed by atoms with Crippen LogP contribution in [0.2, 0.25) is 0 Å². The Bertz CT molecular complexity index is 1390. The maximum Gasteiger partial charge on any atom is 0.398 e. The quantitative estimate of drug-likeness (QED) is 0.476. The van der Waals surface area contributed by atoms with Crippen LogP contribution in [-0.4, -0.2) is 50.3 Å². The molecular formula is C25H24F4N4O3. The summed E-state index contributed by atoms with van der Waals surface area (Å²) >= 11 is 0. The normalized spacial score (nSPS) is 17.6. The van der Waals surface area contributed by atoms with E-state index < -0.39 is 23.5 Å². The smallest absolute Gasteiger partial charge is 0.398 e. The van der Waals surface area contributed by atoms with Crippen LogP contribution in [0.1, 0.15) is 41.5 Å². The number of amides is 1. The molecule has 2 aromatic heterocycles. The Kier molecular flexibility index (Phi) is 5.68. The second kappa shape index (κ2) is 8.49. The highest BCUT2D eigenvalue weighted by atomic mass is 19.4. The Morgan fingerprint density at radius 1 is 1.14 bits per heavy atom. The number of ether oxygens (including phenoxy) is 1. The van der Waals surface area contributed by atoms with E-state index >= 15 is 0 Å². The number of hydrogen-bond donors (Lipinski definition) is 0. The van der Waals surface area contributed by atoms with Crippen LogP contribution in [-0.2, 0) is 12.0 Å². The molecule has 36 heavy (non-hydrogen) atoms. The summed E-state index contributed by atoms with van der Waals surface area (Å²) in [5.74, 6) is -1.19. The molecule has 3 heterocycles. The Morgan fingerprint density at radius 3 is 2.53 bits per heavy atom. The van der Waals surface area contributed by atoms with Gasteiger partial charge in [-0.05, 0) is 57.0 Å². The second-order valence-corrected chi connectivity index (χ2v) is 9.36. The highest BCUT2D eigenvalue weighted by Gasteiger charge is 2.65. The molecule has 1 saturated carbocycles. The van der Waals surface area contributed by atoms with Crippen LogP contribution < -0.4 is 10.3 Å². The van der Waals surface area contributed by atoms with Crippen molar-refractivity contribution in [1.29, 1.82) is 0 Å². The number of aromatic nitrogens is 3. The van der Waals surface area contributed by atoms with Crippen molar-refractivity contribution in [2.75, 3.05) is 13.2 Å². The molecule has 0 saturated heterocycles. The van der Waals surface area contributed by atoms with Gasteiger partial charge in [0.05, 0.1) is 23.5 Å². The van der Waals surface area contributed by atoms with Gasteiger partial charge in [0, 0.05) is 24.8 Å². The molecule has 0 bridgehead atoms. The molecule has 0 spiro atoms. The first-order valence-corrected chi connectivity index (χ1v) is 11.6. The van der Waals surface area contributed by atoms with Crippen LogP contribution in [0.5, 0.6) is 5.75 Å². The van der Waals surface area contributed by atoms with Gasteiger partial charge in [0.2, 0.25) is 0 Å². The third-order valence-corrected chi connectivity index (χ3v) is 6.95. The number of pyridine rings is 1. The molecule has 3 aromatic rings. The van der Waals surface area contributed by atoms with Crippen molar-refractivity contribution in [2.24, 2.45) is 0 Å². The number of rotatable bonds is 6. The number of aryl methyl sites for hydroxylation is 1. The van der Waals surface area contributed by atoms with Crippen LogP contribution in [0.3, 0.4) is 0 Å². The molecule has 2 aliphatic rings. The van der Waals surface area contributed by atoms with Crippen molar-refractivity contribution in [3.63, 3.8) is 0 Å². The molecule has 1 atom stereocenters. The average molecular weight is 504 g/mol. The molecule has 5 rings (SSSR count). The van der Waals surface area contributed by atoms with E-state index in [0.717, 1.165) is 17.8 Å². The number of fused-ring (bicyclic) bond motifs is 1. The fourth-order valence-electron chi connectivity index (χ4n) is 4.73. The first-order valence-electron chi connectivity index (χ1n) is 11.6. The third kappa shape index (κ3) is 3.96. The van der Waals surface area contributed by atoms with Crippen LogP contribution in [0.4, 0.5) is 17.6 Å². The molecule has 0 radical (unpaired) electrons. The number of carbonyl (C=O) groups excluding carboxylic acids is 1. The predicted molar refractivity (Wildman–Crippen MR) is 122 cm³/mol. The standard InChI is InChI=1S/C25H24F4N4O3/c1-15-12-31(14-30-15)19-4-5-20-23(35)32(9-10-33(20)22(19)34)16(2)13-36-21-6-3-17(26)11-18(21)24(7-8-24)25(27,28)29/h3-6,11-12,14,16H,7-10,13H2,1-2H3/t16-/m0/s1. The highest BCUT2D eigenvalue weighted by Crippen LogP contribution is 2.60. The molecule has 11 heteroatoms. The zero-order valence-corrected chi connectivity index (χ0v) is 19.7. The fourth-order valence-corrected chi connectivity index (χ4v) is 4.73. The minimum Gasteiger partial charge on any atom is -0.491 e. The van der Waals surface area contributed by atoms with E-state index in [1.807, 2.05) is 0 Å². The minimum atomic E-state index is -4.52. The van der Waals surface area contributed by atoms with Crippen molar-refractivity contribution in [3.05, 3.63) is 76.0 Å². The molecule has 1 aliphatic carbocycles. The maximum atomic E-state index is 13.8. The van der Waals surface area contributed by atoms with Gasteiger partial charge in [-0.15, -0.1) is 0 Å². The summed E-state index contributed by atoms with van der Waals surface area (Å²) in [5, 5.41) is 0. The average Bonchev–Trinajstić information content (AvgIpc) is 3.54. The lowest BCUT2D eigenvalue weighted by molar-refractivity contribution is -0.161. The zero-order chi connectivity index (χ0) is 25.8. The van der Waals surface area contributed by atoms with Gasteiger partial charge in [-0.25, -0.2) is 9.37 Å². The molecule has 190 valence electrons. The van der Waals surface area contributed by atoms with Gasteiger partial charge >= 0.3 is 6.18 Å². The van der Waals surface area contributed by atoms with Gasteiger partial charge in [0.15, 0.2) is 0 Å². The number of hydrogen-bond acceptors (Lipinski definition) is 4. The SMILES string of the molecule is Cc1cn(-c2ccc3n(c2=O)CCN([C@@H](C)COc2ccc(F)cc2C2(C(F)(F)F)CC2)C3=O)cn1. The first-order chi connectivity index (χ1) is 17.0. The van der Waals surface area contributed by atoms with Crippen molar-refractivity contribution in [1.82, 2.24) is 19.0 Å². The summed E-state index contributed by atoms with van der Waals surface area (Å²) in [6.45, 7) is 3.92.